The average Bonchev–Trinajstić information content (AvgIpc) is 2.63. The lowest BCUT2D eigenvalue weighted by Gasteiger charge is -2.06. The van der Waals surface area contributed by atoms with Crippen LogP contribution in [0.1, 0.15) is 24.6 Å². The zero-order valence-electron chi connectivity index (χ0n) is 10.5. The van der Waals surface area contributed by atoms with Gasteiger partial charge in [-0.2, -0.15) is 0 Å². The van der Waals surface area contributed by atoms with Gasteiger partial charge in [0.25, 0.3) is 0 Å². The molecule has 0 aliphatic carbocycles. The summed E-state index contributed by atoms with van der Waals surface area (Å²) >= 11 is 4.70. The summed E-state index contributed by atoms with van der Waals surface area (Å²) in [5.41, 5.74) is 0. The van der Waals surface area contributed by atoms with Gasteiger partial charge in [0.05, 0.1) is 15.3 Å². The first-order valence-electron chi connectivity index (χ1n) is 5.80. The van der Waals surface area contributed by atoms with Crippen LogP contribution < -0.4 is 4.72 Å². The van der Waals surface area contributed by atoms with Crippen molar-refractivity contribution in [1.29, 1.82) is 0 Å². The molecule has 1 aromatic heterocycles. The lowest BCUT2D eigenvalue weighted by atomic mass is 10.4. The molecule has 0 atom stereocenters. The quantitative estimate of drug-likeness (QED) is 0.729. The van der Waals surface area contributed by atoms with Gasteiger partial charge < -0.3 is 4.74 Å². The van der Waals surface area contributed by atoms with E-state index in [1.165, 1.54) is 11.3 Å². The van der Waals surface area contributed by atoms with Crippen LogP contribution >= 0.6 is 27.3 Å². The summed E-state index contributed by atoms with van der Waals surface area (Å²) in [6, 6.07) is 1.63. The van der Waals surface area contributed by atoms with Gasteiger partial charge in [-0.3, -0.25) is 0 Å². The van der Waals surface area contributed by atoms with E-state index in [9.17, 15) is 8.42 Å². The molecule has 1 aromatic rings. The Hall–Kier alpha value is 0.0500. The molecule has 0 saturated carbocycles. The van der Waals surface area contributed by atoms with Crippen LogP contribution in [-0.4, -0.2) is 28.2 Å². The highest BCUT2D eigenvalue weighted by molar-refractivity contribution is 9.11. The molecule has 0 unspecified atom stereocenters. The van der Waals surface area contributed by atoms with Gasteiger partial charge in [0.1, 0.15) is 0 Å². The summed E-state index contributed by atoms with van der Waals surface area (Å²) in [5, 5.41) is 0. The standard InChI is InChI=1S/C11H18BrNO3S2/c1-3-4-6-16-7-5-13-18(14,15)10-8-11(12)17-9(10)2/h8,13H,3-7H2,1-2H3. The van der Waals surface area contributed by atoms with Crippen molar-refractivity contribution in [3.8, 4) is 0 Å². The molecule has 0 aromatic carbocycles. The van der Waals surface area contributed by atoms with Crippen molar-refractivity contribution in [2.24, 2.45) is 0 Å². The Balaban J connectivity index is 2.43. The fourth-order valence-corrected chi connectivity index (χ4v) is 4.80. The maximum Gasteiger partial charge on any atom is 0.241 e. The summed E-state index contributed by atoms with van der Waals surface area (Å²) in [6.07, 6.45) is 2.08. The first kappa shape index (κ1) is 16.1. The molecule has 0 spiro atoms. The Kier molecular flexibility index (Phi) is 6.79. The number of hydrogen-bond acceptors (Lipinski definition) is 4. The molecule has 7 heteroatoms. The van der Waals surface area contributed by atoms with Crippen LogP contribution in [-0.2, 0) is 14.8 Å². The number of aryl methyl sites for hydroxylation is 1. The fraction of sp³-hybridized carbons (Fsp3) is 0.636. The van der Waals surface area contributed by atoms with Crippen molar-refractivity contribution in [2.75, 3.05) is 19.8 Å². The maximum atomic E-state index is 12.0. The second-order valence-electron chi connectivity index (χ2n) is 3.83. The number of halogens is 1. The van der Waals surface area contributed by atoms with Crippen LogP contribution in [0.25, 0.3) is 0 Å². The third kappa shape index (κ3) is 4.97. The van der Waals surface area contributed by atoms with Gasteiger partial charge in [0, 0.05) is 18.0 Å². The normalized spacial score (nSPS) is 11.9. The topological polar surface area (TPSA) is 55.4 Å². The second-order valence-corrected chi connectivity index (χ2v) is 8.21. The van der Waals surface area contributed by atoms with Crippen LogP contribution in [0.4, 0.5) is 0 Å². The predicted octanol–water partition coefficient (Wildman–Crippen LogP) is 2.91. The zero-order chi connectivity index (χ0) is 13.6. The van der Waals surface area contributed by atoms with Crippen molar-refractivity contribution >= 4 is 37.3 Å². The summed E-state index contributed by atoms with van der Waals surface area (Å²) in [7, 11) is -3.41. The minimum absolute atomic E-state index is 0.305. The van der Waals surface area contributed by atoms with Crippen molar-refractivity contribution in [2.45, 2.75) is 31.6 Å². The number of ether oxygens (including phenoxy) is 1. The Labute approximate surface area is 121 Å². The van der Waals surface area contributed by atoms with E-state index in [4.69, 9.17) is 4.74 Å². The van der Waals surface area contributed by atoms with Gasteiger partial charge in [0.15, 0.2) is 0 Å². The monoisotopic (exact) mass is 355 g/mol. The van der Waals surface area contributed by atoms with Crippen molar-refractivity contribution in [1.82, 2.24) is 4.72 Å². The van der Waals surface area contributed by atoms with E-state index in [2.05, 4.69) is 27.6 Å². The average molecular weight is 356 g/mol. The summed E-state index contributed by atoms with van der Waals surface area (Å²) < 4.78 is 32.6. The van der Waals surface area contributed by atoms with Gasteiger partial charge in [-0.05, 0) is 35.3 Å². The molecule has 0 bridgehead atoms. The summed E-state index contributed by atoms with van der Waals surface area (Å²) in [6.45, 7) is 5.27. The smallest absolute Gasteiger partial charge is 0.241 e. The molecule has 0 fully saturated rings. The Morgan fingerprint density at radius 2 is 2.17 bits per heavy atom. The highest BCUT2D eigenvalue weighted by Gasteiger charge is 2.18. The Bertz CT molecular complexity index is 471. The molecule has 0 saturated heterocycles. The molecule has 0 aliphatic rings. The van der Waals surface area contributed by atoms with Gasteiger partial charge in [-0.25, -0.2) is 13.1 Å². The molecule has 0 amide bonds. The lowest BCUT2D eigenvalue weighted by Crippen LogP contribution is -2.27. The zero-order valence-corrected chi connectivity index (χ0v) is 13.8. The molecule has 0 aliphatic heterocycles. The van der Waals surface area contributed by atoms with Crippen molar-refractivity contribution < 1.29 is 13.2 Å². The molecular weight excluding hydrogens is 338 g/mol. The first-order chi connectivity index (χ1) is 8.47. The molecule has 1 N–H and O–H groups in total. The highest BCUT2D eigenvalue weighted by atomic mass is 79.9. The SMILES string of the molecule is CCCCOCCNS(=O)(=O)c1cc(Br)sc1C. The van der Waals surface area contributed by atoms with Gasteiger partial charge >= 0.3 is 0 Å². The van der Waals surface area contributed by atoms with E-state index in [0.29, 0.717) is 24.7 Å². The minimum Gasteiger partial charge on any atom is -0.380 e. The van der Waals surface area contributed by atoms with Crippen molar-refractivity contribution in [3.05, 3.63) is 14.7 Å². The van der Waals surface area contributed by atoms with Crippen molar-refractivity contribution in [3.63, 3.8) is 0 Å². The number of sulfonamides is 1. The predicted molar refractivity (Wildman–Crippen MR) is 77.7 cm³/mol. The fourth-order valence-electron chi connectivity index (χ4n) is 1.37. The lowest BCUT2D eigenvalue weighted by molar-refractivity contribution is 0.136. The van der Waals surface area contributed by atoms with E-state index in [0.717, 1.165) is 21.5 Å². The molecule has 1 heterocycles. The third-order valence-corrected chi connectivity index (χ3v) is 5.58. The van der Waals surface area contributed by atoms with Crippen LogP contribution in [0.15, 0.2) is 14.7 Å². The van der Waals surface area contributed by atoms with E-state index in [1.54, 1.807) is 13.0 Å². The number of rotatable bonds is 8. The minimum atomic E-state index is -3.41. The van der Waals surface area contributed by atoms with Crippen LogP contribution in [0, 0.1) is 6.92 Å². The summed E-state index contributed by atoms with van der Waals surface area (Å²) in [5.74, 6) is 0. The molecule has 4 nitrogen and oxygen atoms in total. The van der Waals surface area contributed by atoms with Gasteiger partial charge in [0.2, 0.25) is 10.0 Å². The molecule has 0 radical (unpaired) electrons. The van der Waals surface area contributed by atoms with E-state index < -0.39 is 10.0 Å². The first-order valence-corrected chi connectivity index (χ1v) is 8.90. The van der Waals surface area contributed by atoms with E-state index >= 15 is 0 Å². The number of hydrogen-bond donors (Lipinski definition) is 1. The highest BCUT2D eigenvalue weighted by Crippen LogP contribution is 2.29. The number of thiophene rings is 1. The molecule has 1 rings (SSSR count). The maximum absolute atomic E-state index is 12.0. The van der Waals surface area contributed by atoms with E-state index in [1.807, 2.05) is 0 Å². The number of unbranched alkanes of at least 4 members (excludes halogenated alkanes) is 1. The number of nitrogens with one attached hydrogen (secondary N) is 1. The molecule has 104 valence electrons. The van der Waals surface area contributed by atoms with Crippen LogP contribution in [0.2, 0.25) is 0 Å². The molecular formula is C11H18BrNO3S2. The van der Waals surface area contributed by atoms with E-state index in [-0.39, 0.29) is 0 Å². The molecule has 18 heavy (non-hydrogen) atoms. The van der Waals surface area contributed by atoms with Crippen LogP contribution in [0.3, 0.4) is 0 Å². The second kappa shape index (κ2) is 7.59. The summed E-state index contributed by atoms with van der Waals surface area (Å²) in [4.78, 5) is 1.12. The Morgan fingerprint density at radius 3 is 2.72 bits per heavy atom. The van der Waals surface area contributed by atoms with Crippen LogP contribution in [0.5, 0.6) is 0 Å². The van der Waals surface area contributed by atoms with Gasteiger partial charge in [-0.1, -0.05) is 13.3 Å². The largest absolute Gasteiger partial charge is 0.380 e. The van der Waals surface area contributed by atoms with Gasteiger partial charge in [-0.15, -0.1) is 11.3 Å². The Morgan fingerprint density at radius 1 is 1.44 bits per heavy atom. The third-order valence-electron chi connectivity index (χ3n) is 2.31.